The molecule has 0 radical (unpaired) electrons. The molecule has 5 heteroatoms. The van der Waals surface area contributed by atoms with Gasteiger partial charge < -0.3 is 9.32 Å². The van der Waals surface area contributed by atoms with Crippen LogP contribution in [0, 0.1) is 0 Å². The number of carbonyl (C=O) groups excluding carboxylic acids is 1. The summed E-state index contributed by atoms with van der Waals surface area (Å²) in [6.07, 6.45) is 5.98. The number of fused-ring (bicyclic) bond motifs is 1. The van der Waals surface area contributed by atoms with E-state index in [0.717, 1.165) is 35.0 Å². The van der Waals surface area contributed by atoms with Crippen molar-refractivity contribution in [3.8, 4) is 0 Å². The van der Waals surface area contributed by atoms with Gasteiger partial charge in [0.15, 0.2) is 10.9 Å². The highest BCUT2D eigenvalue weighted by molar-refractivity contribution is 7.15. The standard InChI is InChI=1S/C13H14N2O2S/c1-15(7-9-5-6-17-8-9)13-14-12-10(16)3-2-4-11(12)18-13/h5-6,8H,2-4,7H2,1H3. The van der Waals surface area contributed by atoms with E-state index in [9.17, 15) is 4.79 Å². The van der Waals surface area contributed by atoms with Gasteiger partial charge in [-0.25, -0.2) is 4.98 Å². The average molecular weight is 262 g/mol. The summed E-state index contributed by atoms with van der Waals surface area (Å²) in [6, 6.07) is 1.94. The lowest BCUT2D eigenvalue weighted by Crippen LogP contribution is -2.16. The fraction of sp³-hybridized carbons (Fsp3) is 0.385. The van der Waals surface area contributed by atoms with Crippen molar-refractivity contribution in [2.45, 2.75) is 25.8 Å². The maximum absolute atomic E-state index is 11.7. The van der Waals surface area contributed by atoms with Gasteiger partial charge in [0.2, 0.25) is 0 Å². The molecule has 0 unspecified atom stereocenters. The quantitative estimate of drug-likeness (QED) is 0.853. The van der Waals surface area contributed by atoms with Crippen molar-refractivity contribution < 1.29 is 9.21 Å². The van der Waals surface area contributed by atoms with E-state index in [1.54, 1.807) is 23.9 Å². The van der Waals surface area contributed by atoms with Crippen LogP contribution in [-0.4, -0.2) is 17.8 Å². The third-order valence-corrected chi connectivity index (χ3v) is 4.31. The summed E-state index contributed by atoms with van der Waals surface area (Å²) < 4.78 is 5.05. The van der Waals surface area contributed by atoms with Gasteiger partial charge in [-0.2, -0.15) is 0 Å². The van der Waals surface area contributed by atoms with Gasteiger partial charge >= 0.3 is 0 Å². The Bertz CT molecular complexity index is 560. The molecular weight excluding hydrogens is 248 g/mol. The zero-order valence-corrected chi connectivity index (χ0v) is 11.0. The van der Waals surface area contributed by atoms with E-state index in [4.69, 9.17) is 4.42 Å². The lowest BCUT2D eigenvalue weighted by Gasteiger charge is -2.13. The number of furan rings is 1. The van der Waals surface area contributed by atoms with E-state index >= 15 is 0 Å². The Hall–Kier alpha value is -1.62. The van der Waals surface area contributed by atoms with E-state index in [1.165, 1.54) is 0 Å². The summed E-state index contributed by atoms with van der Waals surface area (Å²) in [7, 11) is 1.99. The Morgan fingerprint density at radius 3 is 3.11 bits per heavy atom. The zero-order valence-electron chi connectivity index (χ0n) is 10.2. The monoisotopic (exact) mass is 262 g/mol. The van der Waals surface area contributed by atoms with Crippen LogP contribution in [0.15, 0.2) is 23.0 Å². The maximum atomic E-state index is 11.7. The smallest absolute Gasteiger partial charge is 0.186 e. The molecule has 18 heavy (non-hydrogen) atoms. The number of rotatable bonds is 3. The molecule has 1 aliphatic rings. The molecule has 0 saturated heterocycles. The van der Waals surface area contributed by atoms with E-state index in [0.29, 0.717) is 12.1 Å². The lowest BCUT2D eigenvalue weighted by atomic mass is 10.0. The van der Waals surface area contributed by atoms with Crippen LogP contribution < -0.4 is 4.90 Å². The molecule has 94 valence electrons. The number of ketones is 1. The first-order valence-corrected chi connectivity index (χ1v) is 6.81. The van der Waals surface area contributed by atoms with Crippen molar-refractivity contribution in [1.82, 2.24) is 4.98 Å². The number of nitrogens with zero attached hydrogens (tertiary/aromatic N) is 2. The lowest BCUT2D eigenvalue weighted by molar-refractivity contribution is 0.0968. The average Bonchev–Trinajstić information content (AvgIpc) is 2.97. The zero-order chi connectivity index (χ0) is 12.5. The number of hydrogen-bond acceptors (Lipinski definition) is 5. The van der Waals surface area contributed by atoms with Crippen LogP contribution in [0.3, 0.4) is 0 Å². The van der Waals surface area contributed by atoms with Crippen LogP contribution >= 0.6 is 11.3 Å². The molecule has 0 aromatic carbocycles. The van der Waals surface area contributed by atoms with Crippen molar-refractivity contribution in [2.75, 3.05) is 11.9 Å². The van der Waals surface area contributed by atoms with Crippen molar-refractivity contribution >= 4 is 22.3 Å². The molecule has 0 amide bonds. The second-order valence-electron chi connectivity index (χ2n) is 4.53. The highest BCUT2D eigenvalue weighted by atomic mass is 32.1. The number of hydrogen-bond donors (Lipinski definition) is 0. The Labute approximate surface area is 109 Å². The molecule has 4 nitrogen and oxygen atoms in total. The van der Waals surface area contributed by atoms with Gasteiger partial charge in [-0.3, -0.25) is 4.79 Å². The van der Waals surface area contributed by atoms with Crippen LogP contribution in [0.5, 0.6) is 0 Å². The first-order chi connectivity index (χ1) is 8.74. The van der Waals surface area contributed by atoms with Gasteiger partial charge in [0, 0.05) is 30.5 Å². The highest BCUT2D eigenvalue weighted by Crippen LogP contribution is 2.31. The van der Waals surface area contributed by atoms with E-state index in [-0.39, 0.29) is 5.78 Å². The Morgan fingerprint density at radius 1 is 1.50 bits per heavy atom. The van der Waals surface area contributed by atoms with Gasteiger partial charge in [-0.05, 0) is 18.9 Å². The summed E-state index contributed by atoms with van der Waals surface area (Å²) in [4.78, 5) is 19.4. The minimum atomic E-state index is 0.190. The second kappa shape index (κ2) is 4.57. The number of thiazole rings is 1. The number of anilines is 1. The molecule has 0 aliphatic heterocycles. The van der Waals surface area contributed by atoms with Gasteiger partial charge in [0.1, 0.15) is 5.69 Å². The number of Topliss-reactive ketones (excluding diaryl/α,β-unsaturated/α-hetero) is 1. The van der Waals surface area contributed by atoms with Crippen LogP contribution in [0.4, 0.5) is 5.13 Å². The van der Waals surface area contributed by atoms with Crippen molar-refractivity contribution in [1.29, 1.82) is 0 Å². The topological polar surface area (TPSA) is 46.3 Å². The number of aryl methyl sites for hydroxylation is 1. The largest absolute Gasteiger partial charge is 0.472 e. The van der Waals surface area contributed by atoms with Crippen molar-refractivity contribution in [3.63, 3.8) is 0 Å². The second-order valence-corrected chi connectivity index (χ2v) is 5.59. The minimum Gasteiger partial charge on any atom is -0.472 e. The molecule has 0 N–H and O–H groups in total. The summed E-state index contributed by atoms with van der Waals surface area (Å²) in [6.45, 7) is 0.747. The van der Waals surface area contributed by atoms with Crippen molar-refractivity contribution in [2.24, 2.45) is 0 Å². The third kappa shape index (κ3) is 2.06. The van der Waals surface area contributed by atoms with Crippen LogP contribution in [0.1, 0.15) is 33.8 Å². The third-order valence-electron chi connectivity index (χ3n) is 3.08. The molecule has 0 atom stereocenters. The SMILES string of the molecule is CN(Cc1ccoc1)c1nc2c(s1)CCCC2=O. The molecule has 2 aromatic rings. The normalized spacial score (nSPS) is 14.6. The van der Waals surface area contributed by atoms with Crippen molar-refractivity contribution in [3.05, 3.63) is 34.7 Å². The fourth-order valence-electron chi connectivity index (χ4n) is 2.14. The molecular formula is C13H14N2O2S. The first kappa shape index (κ1) is 11.5. The molecule has 2 aromatic heterocycles. The van der Waals surface area contributed by atoms with Gasteiger partial charge in [0.05, 0.1) is 12.5 Å². The van der Waals surface area contributed by atoms with E-state index in [2.05, 4.69) is 9.88 Å². The van der Waals surface area contributed by atoms with Crippen LogP contribution in [-0.2, 0) is 13.0 Å². The Kier molecular flexibility index (Phi) is 2.91. The summed E-state index contributed by atoms with van der Waals surface area (Å²) >= 11 is 1.63. The van der Waals surface area contributed by atoms with Crippen LogP contribution in [0.25, 0.3) is 0 Å². The highest BCUT2D eigenvalue weighted by Gasteiger charge is 2.23. The fourth-order valence-corrected chi connectivity index (χ4v) is 3.22. The molecule has 1 aliphatic carbocycles. The Balaban J connectivity index is 1.82. The molecule has 0 bridgehead atoms. The van der Waals surface area contributed by atoms with E-state index < -0.39 is 0 Å². The summed E-state index contributed by atoms with van der Waals surface area (Å²) in [5.74, 6) is 0.190. The molecule has 2 heterocycles. The molecule has 0 saturated carbocycles. The molecule has 0 spiro atoms. The van der Waals surface area contributed by atoms with E-state index in [1.807, 2.05) is 13.1 Å². The number of aromatic nitrogens is 1. The van der Waals surface area contributed by atoms with Gasteiger partial charge in [-0.15, -0.1) is 11.3 Å². The predicted octanol–water partition coefficient (Wildman–Crippen LogP) is 2.89. The Morgan fingerprint density at radius 2 is 2.39 bits per heavy atom. The predicted molar refractivity (Wildman–Crippen MR) is 70.2 cm³/mol. The summed E-state index contributed by atoms with van der Waals surface area (Å²) in [5, 5.41) is 0.913. The first-order valence-electron chi connectivity index (χ1n) is 5.99. The maximum Gasteiger partial charge on any atom is 0.186 e. The van der Waals surface area contributed by atoms with Crippen LogP contribution in [0.2, 0.25) is 0 Å². The minimum absolute atomic E-state index is 0.190. The molecule has 3 rings (SSSR count). The van der Waals surface area contributed by atoms with Gasteiger partial charge in [0.25, 0.3) is 0 Å². The summed E-state index contributed by atoms with van der Waals surface area (Å²) in [5.41, 5.74) is 1.80. The van der Waals surface area contributed by atoms with Gasteiger partial charge in [-0.1, -0.05) is 0 Å². The molecule has 0 fully saturated rings. The number of carbonyl (C=O) groups is 1.